The highest BCUT2D eigenvalue weighted by molar-refractivity contribution is 5.94. The van der Waals surface area contributed by atoms with Crippen LogP contribution in [0.5, 0.6) is 5.75 Å². The van der Waals surface area contributed by atoms with Gasteiger partial charge in [-0.25, -0.2) is 4.79 Å². The summed E-state index contributed by atoms with van der Waals surface area (Å²) in [7, 11) is 0. The molecule has 1 amide bonds. The molecule has 144 valence electrons. The second-order valence-electron chi connectivity index (χ2n) is 5.83. The van der Waals surface area contributed by atoms with Crippen molar-refractivity contribution < 1.29 is 24.0 Å². The molecule has 2 aromatic rings. The third kappa shape index (κ3) is 5.54. The normalized spacial score (nSPS) is 11.0. The number of nitro groups is 1. The van der Waals surface area contributed by atoms with Gasteiger partial charge in [-0.15, -0.1) is 0 Å². The zero-order valence-electron chi connectivity index (χ0n) is 15.2. The molecule has 0 spiro atoms. The maximum Gasteiger partial charge on any atom is 0.347 e. The summed E-state index contributed by atoms with van der Waals surface area (Å²) in [6.45, 7) is 2.78. The Labute approximate surface area is 160 Å². The van der Waals surface area contributed by atoms with Gasteiger partial charge in [0.15, 0.2) is 12.7 Å². The van der Waals surface area contributed by atoms with Crippen LogP contribution >= 0.6 is 0 Å². The number of hydrogen-bond acceptors (Lipinski definition) is 7. The molecule has 0 saturated carbocycles. The topological polar surface area (TPSA) is 132 Å². The monoisotopic (exact) mass is 383 g/mol. The van der Waals surface area contributed by atoms with E-state index >= 15 is 0 Å². The van der Waals surface area contributed by atoms with E-state index < -0.39 is 29.5 Å². The molecule has 9 heteroatoms. The van der Waals surface area contributed by atoms with Crippen molar-refractivity contribution in [1.82, 2.24) is 0 Å². The van der Waals surface area contributed by atoms with E-state index in [1.807, 2.05) is 13.0 Å². The van der Waals surface area contributed by atoms with Gasteiger partial charge in [0, 0.05) is 12.1 Å². The predicted molar refractivity (Wildman–Crippen MR) is 98.7 cm³/mol. The second kappa shape index (κ2) is 9.14. The lowest BCUT2D eigenvalue weighted by molar-refractivity contribution is -0.384. The third-order valence-electron chi connectivity index (χ3n) is 3.59. The Kier molecular flexibility index (Phi) is 6.65. The first-order chi connectivity index (χ1) is 13.3. The van der Waals surface area contributed by atoms with Crippen molar-refractivity contribution in [3.8, 4) is 11.8 Å². The molecule has 0 fully saturated rings. The van der Waals surface area contributed by atoms with Crippen LogP contribution in [0.4, 0.5) is 11.4 Å². The molecule has 0 aliphatic heterocycles. The number of ether oxygens (including phenoxy) is 2. The Hall–Kier alpha value is -3.93. The van der Waals surface area contributed by atoms with Crippen molar-refractivity contribution in [2.75, 3.05) is 11.9 Å². The van der Waals surface area contributed by atoms with Crippen molar-refractivity contribution in [3.05, 3.63) is 63.7 Å². The number of amides is 1. The summed E-state index contributed by atoms with van der Waals surface area (Å²) >= 11 is 0. The van der Waals surface area contributed by atoms with E-state index in [1.165, 1.54) is 13.0 Å². The fourth-order valence-corrected chi connectivity index (χ4v) is 2.23. The first-order valence-electron chi connectivity index (χ1n) is 8.18. The number of nitro benzene ring substituents is 1. The van der Waals surface area contributed by atoms with Crippen molar-refractivity contribution >= 4 is 23.3 Å². The van der Waals surface area contributed by atoms with Gasteiger partial charge in [0.25, 0.3) is 11.6 Å². The van der Waals surface area contributed by atoms with Gasteiger partial charge in [-0.3, -0.25) is 14.9 Å². The summed E-state index contributed by atoms with van der Waals surface area (Å²) in [6, 6.07) is 12.3. The molecule has 0 saturated heterocycles. The Morgan fingerprint density at radius 1 is 1.29 bits per heavy atom. The molecule has 0 aliphatic carbocycles. The number of non-ortho nitro benzene ring substituents is 1. The number of aryl methyl sites for hydroxylation is 1. The minimum atomic E-state index is -0.927. The van der Waals surface area contributed by atoms with Crippen LogP contribution in [0, 0.1) is 28.4 Å². The summed E-state index contributed by atoms with van der Waals surface area (Å²) < 4.78 is 10.4. The van der Waals surface area contributed by atoms with Crippen LogP contribution < -0.4 is 10.1 Å². The highest BCUT2D eigenvalue weighted by Gasteiger charge is 2.19. The lowest BCUT2D eigenvalue weighted by atomic mass is 10.1. The highest BCUT2D eigenvalue weighted by atomic mass is 16.6. The van der Waals surface area contributed by atoms with Crippen LogP contribution in [0.25, 0.3) is 0 Å². The number of nitriles is 1. The maximum absolute atomic E-state index is 12.0. The van der Waals surface area contributed by atoms with E-state index in [4.69, 9.17) is 14.7 Å². The molecule has 0 unspecified atom stereocenters. The van der Waals surface area contributed by atoms with Gasteiger partial charge >= 0.3 is 5.97 Å². The van der Waals surface area contributed by atoms with Crippen LogP contribution in [0.15, 0.2) is 42.5 Å². The first kappa shape index (κ1) is 20.4. The Morgan fingerprint density at radius 2 is 2.04 bits per heavy atom. The number of hydrogen-bond donors (Lipinski definition) is 1. The molecule has 1 N–H and O–H groups in total. The molecular formula is C19H17N3O6. The average Bonchev–Trinajstić information content (AvgIpc) is 2.66. The number of anilines is 1. The molecule has 9 nitrogen and oxygen atoms in total. The van der Waals surface area contributed by atoms with E-state index in [0.717, 1.165) is 17.7 Å². The van der Waals surface area contributed by atoms with E-state index in [9.17, 15) is 19.7 Å². The van der Waals surface area contributed by atoms with E-state index in [0.29, 0.717) is 5.75 Å². The van der Waals surface area contributed by atoms with Crippen LogP contribution in [0.1, 0.15) is 18.1 Å². The Balaban J connectivity index is 1.90. The number of esters is 1. The molecule has 0 radical (unpaired) electrons. The number of benzene rings is 2. The Morgan fingerprint density at radius 3 is 2.68 bits per heavy atom. The van der Waals surface area contributed by atoms with Crippen LogP contribution in [-0.2, 0) is 14.3 Å². The van der Waals surface area contributed by atoms with Gasteiger partial charge in [0.2, 0.25) is 0 Å². The number of nitrogens with one attached hydrogen (secondary N) is 1. The summed E-state index contributed by atoms with van der Waals surface area (Å²) in [6.07, 6.45) is -0.927. The number of rotatable bonds is 7. The molecule has 0 bridgehead atoms. The number of carbonyl (C=O) groups is 2. The largest absolute Gasteiger partial charge is 0.479 e. The van der Waals surface area contributed by atoms with E-state index in [-0.39, 0.29) is 16.9 Å². The molecule has 2 rings (SSSR count). The van der Waals surface area contributed by atoms with Gasteiger partial charge in [-0.05, 0) is 37.6 Å². The SMILES string of the molecule is Cc1cccc(O[C@@H](C)C(=O)OCC(=O)Nc2ccc([N+](=O)[O-])cc2C#N)c1. The fourth-order valence-electron chi connectivity index (χ4n) is 2.23. The number of nitrogens with zero attached hydrogens (tertiary/aromatic N) is 2. The van der Waals surface area contributed by atoms with Crippen molar-refractivity contribution in [2.24, 2.45) is 0 Å². The minimum absolute atomic E-state index is 0.0787. The predicted octanol–water partition coefficient (Wildman–Crippen LogP) is 2.72. The zero-order valence-corrected chi connectivity index (χ0v) is 15.2. The third-order valence-corrected chi connectivity index (χ3v) is 3.59. The van der Waals surface area contributed by atoms with Gasteiger partial charge in [0.1, 0.15) is 11.8 Å². The average molecular weight is 383 g/mol. The van der Waals surface area contributed by atoms with Crippen LogP contribution in [0.2, 0.25) is 0 Å². The standard InChI is InChI=1S/C19H17N3O6/c1-12-4-3-5-16(8-12)28-13(2)19(24)27-11-18(23)21-17-7-6-15(22(25)26)9-14(17)10-20/h3-9,13H,11H2,1-2H3,(H,21,23)/t13-/m0/s1. The highest BCUT2D eigenvalue weighted by Crippen LogP contribution is 2.21. The quantitative estimate of drug-likeness (QED) is 0.442. The molecule has 1 atom stereocenters. The second-order valence-corrected chi connectivity index (χ2v) is 5.83. The van der Waals surface area contributed by atoms with Gasteiger partial charge in [0.05, 0.1) is 16.2 Å². The maximum atomic E-state index is 12.0. The summed E-state index contributed by atoms with van der Waals surface area (Å²) in [4.78, 5) is 34.0. The van der Waals surface area contributed by atoms with Crippen molar-refractivity contribution in [3.63, 3.8) is 0 Å². The molecule has 0 aromatic heterocycles. The smallest absolute Gasteiger partial charge is 0.347 e. The van der Waals surface area contributed by atoms with Crippen molar-refractivity contribution in [2.45, 2.75) is 20.0 Å². The summed E-state index contributed by atoms with van der Waals surface area (Å²) in [5, 5.41) is 22.2. The first-order valence-corrected chi connectivity index (χ1v) is 8.18. The lowest BCUT2D eigenvalue weighted by Gasteiger charge is -2.14. The van der Waals surface area contributed by atoms with Gasteiger partial charge < -0.3 is 14.8 Å². The van der Waals surface area contributed by atoms with E-state index in [1.54, 1.807) is 24.3 Å². The van der Waals surface area contributed by atoms with Gasteiger partial charge in [-0.2, -0.15) is 5.26 Å². The van der Waals surface area contributed by atoms with Crippen LogP contribution in [0.3, 0.4) is 0 Å². The minimum Gasteiger partial charge on any atom is -0.479 e. The van der Waals surface area contributed by atoms with Crippen molar-refractivity contribution in [1.29, 1.82) is 5.26 Å². The Bertz CT molecular complexity index is 951. The van der Waals surface area contributed by atoms with Gasteiger partial charge in [-0.1, -0.05) is 12.1 Å². The van der Waals surface area contributed by atoms with Crippen LogP contribution in [-0.4, -0.2) is 29.5 Å². The molecule has 0 heterocycles. The molecule has 0 aliphatic rings. The molecule has 2 aromatic carbocycles. The summed E-state index contributed by atoms with van der Waals surface area (Å²) in [5.41, 5.74) is 0.695. The van der Waals surface area contributed by atoms with E-state index in [2.05, 4.69) is 5.32 Å². The number of carbonyl (C=O) groups excluding carboxylic acids is 2. The molecule has 28 heavy (non-hydrogen) atoms. The zero-order chi connectivity index (χ0) is 20.7. The summed E-state index contributed by atoms with van der Waals surface area (Å²) in [5.74, 6) is -0.930. The fraction of sp³-hybridized carbons (Fsp3) is 0.211. The lowest BCUT2D eigenvalue weighted by Crippen LogP contribution is -2.29. The molecular weight excluding hydrogens is 366 g/mol.